The van der Waals surface area contributed by atoms with Crippen molar-refractivity contribution in [2.75, 3.05) is 29.9 Å². The SMILES string of the molecule is CCCNc1cc(N(CC)CC(C)(C)O)nc(C)n1. The van der Waals surface area contributed by atoms with Gasteiger partial charge in [0.1, 0.15) is 17.5 Å². The van der Waals surface area contributed by atoms with Crippen molar-refractivity contribution in [3.8, 4) is 0 Å². The zero-order valence-corrected chi connectivity index (χ0v) is 12.7. The van der Waals surface area contributed by atoms with Gasteiger partial charge in [0.2, 0.25) is 0 Å². The van der Waals surface area contributed by atoms with Gasteiger partial charge in [0, 0.05) is 25.7 Å². The van der Waals surface area contributed by atoms with Crippen LogP contribution in [0.15, 0.2) is 6.07 Å². The van der Waals surface area contributed by atoms with E-state index in [0.717, 1.165) is 37.0 Å². The minimum absolute atomic E-state index is 0.549. The van der Waals surface area contributed by atoms with Gasteiger partial charge in [-0.05, 0) is 34.1 Å². The van der Waals surface area contributed by atoms with Crippen molar-refractivity contribution < 1.29 is 5.11 Å². The minimum Gasteiger partial charge on any atom is -0.389 e. The number of rotatable bonds is 7. The standard InChI is InChI=1S/C14H26N4O/c1-6-8-15-12-9-13(17-11(3)16-12)18(7-2)10-14(4,5)19/h9,19H,6-8,10H2,1-5H3,(H,15,16,17). The summed E-state index contributed by atoms with van der Waals surface area (Å²) in [5, 5.41) is 13.2. The monoisotopic (exact) mass is 266 g/mol. The summed E-state index contributed by atoms with van der Waals surface area (Å²) in [5.74, 6) is 2.44. The number of aryl methyl sites for hydroxylation is 1. The third kappa shape index (κ3) is 5.42. The molecule has 5 nitrogen and oxygen atoms in total. The van der Waals surface area contributed by atoms with Crippen LogP contribution in [0.25, 0.3) is 0 Å². The molecule has 0 fully saturated rings. The van der Waals surface area contributed by atoms with E-state index in [0.29, 0.717) is 6.54 Å². The summed E-state index contributed by atoms with van der Waals surface area (Å²) < 4.78 is 0. The maximum absolute atomic E-state index is 9.96. The Morgan fingerprint density at radius 1 is 1.32 bits per heavy atom. The maximum Gasteiger partial charge on any atom is 0.134 e. The van der Waals surface area contributed by atoms with Crippen LogP contribution >= 0.6 is 0 Å². The highest BCUT2D eigenvalue weighted by Crippen LogP contribution is 2.18. The molecule has 19 heavy (non-hydrogen) atoms. The molecule has 1 heterocycles. The molecule has 0 saturated heterocycles. The fraction of sp³-hybridized carbons (Fsp3) is 0.714. The quantitative estimate of drug-likeness (QED) is 0.792. The van der Waals surface area contributed by atoms with E-state index in [1.807, 2.05) is 13.0 Å². The number of hydrogen-bond donors (Lipinski definition) is 2. The molecule has 2 N–H and O–H groups in total. The van der Waals surface area contributed by atoms with Crippen LogP contribution in [-0.2, 0) is 0 Å². The Hall–Kier alpha value is -1.36. The summed E-state index contributed by atoms with van der Waals surface area (Å²) >= 11 is 0. The molecule has 0 saturated carbocycles. The Bertz CT molecular complexity index is 401. The predicted molar refractivity (Wildman–Crippen MR) is 79.7 cm³/mol. The number of aromatic nitrogens is 2. The maximum atomic E-state index is 9.96. The summed E-state index contributed by atoms with van der Waals surface area (Å²) in [4.78, 5) is 10.9. The number of nitrogens with zero attached hydrogens (tertiary/aromatic N) is 3. The van der Waals surface area contributed by atoms with Gasteiger partial charge in [-0.15, -0.1) is 0 Å². The van der Waals surface area contributed by atoms with Crippen LogP contribution in [0.4, 0.5) is 11.6 Å². The lowest BCUT2D eigenvalue weighted by molar-refractivity contribution is 0.0874. The van der Waals surface area contributed by atoms with Gasteiger partial charge in [-0.3, -0.25) is 0 Å². The normalized spacial score (nSPS) is 11.5. The van der Waals surface area contributed by atoms with Gasteiger partial charge in [-0.2, -0.15) is 0 Å². The van der Waals surface area contributed by atoms with Crippen LogP contribution in [0, 0.1) is 6.92 Å². The van der Waals surface area contributed by atoms with Crippen molar-refractivity contribution in [1.29, 1.82) is 0 Å². The van der Waals surface area contributed by atoms with Gasteiger partial charge >= 0.3 is 0 Å². The molecule has 1 rings (SSSR count). The summed E-state index contributed by atoms with van der Waals surface area (Å²) in [6.07, 6.45) is 1.06. The van der Waals surface area contributed by atoms with Gasteiger partial charge in [-0.1, -0.05) is 6.92 Å². The number of aliphatic hydroxyl groups is 1. The number of hydrogen-bond acceptors (Lipinski definition) is 5. The highest BCUT2D eigenvalue weighted by atomic mass is 16.3. The van der Waals surface area contributed by atoms with E-state index in [2.05, 4.69) is 34.0 Å². The van der Waals surface area contributed by atoms with Crippen LogP contribution in [0.1, 0.15) is 39.9 Å². The van der Waals surface area contributed by atoms with E-state index in [4.69, 9.17) is 0 Å². The Morgan fingerprint density at radius 3 is 2.53 bits per heavy atom. The second-order valence-electron chi connectivity index (χ2n) is 5.41. The Kier molecular flexibility index (Phi) is 5.54. The lowest BCUT2D eigenvalue weighted by Gasteiger charge is -2.29. The van der Waals surface area contributed by atoms with Crippen LogP contribution in [0.2, 0.25) is 0 Å². The Balaban J connectivity index is 2.93. The number of anilines is 2. The molecule has 1 aromatic rings. The molecule has 0 bridgehead atoms. The van der Waals surface area contributed by atoms with Crippen molar-refractivity contribution in [1.82, 2.24) is 9.97 Å². The highest BCUT2D eigenvalue weighted by molar-refractivity contribution is 5.49. The second-order valence-corrected chi connectivity index (χ2v) is 5.41. The third-order valence-corrected chi connectivity index (χ3v) is 2.66. The van der Waals surface area contributed by atoms with Gasteiger partial charge < -0.3 is 15.3 Å². The summed E-state index contributed by atoms with van der Waals surface area (Å²) in [6.45, 7) is 11.9. The smallest absolute Gasteiger partial charge is 0.134 e. The van der Waals surface area contributed by atoms with E-state index in [1.54, 1.807) is 13.8 Å². The first-order valence-electron chi connectivity index (χ1n) is 6.92. The fourth-order valence-electron chi connectivity index (χ4n) is 1.88. The van der Waals surface area contributed by atoms with Crippen LogP contribution in [-0.4, -0.2) is 40.3 Å². The molecular weight excluding hydrogens is 240 g/mol. The average molecular weight is 266 g/mol. The molecule has 108 valence electrons. The van der Waals surface area contributed by atoms with Gasteiger partial charge in [-0.25, -0.2) is 9.97 Å². The fourth-order valence-corrected chi connectivity index (χ4v) is 1.88. The van der Waals surface area contributed by atoms with Gasteiger partial charge in [0.15, 0.2) is 0 Å². The van der Waals surface area contributed by atoms with E-state index >= 15 is 0 Å². The molecule has 0 amide bonds. The van der Waals surface area contributed by atoms with Crippen LogP contribution < -0.4 is 10.2 Å². The first kappa shape index (κ1) is 15.7. The molecule has 0 aliphatic rings. The molecule has 0 aliphatic carbocycles. The molecule has 5 heteroatoms. The van der Waals surface area contributed by atoms with Crippen LogP contribution in [0.5, 0.6) is 0 Å². The number of likely N-dealkylation sites (N-methyl/N-ethyl adjacent to an activating group) is 1. The zero-order valence-electron chi connectivity index (χ0n) is 12.7. The Labute approximate surface area is 116 Å². The van der Waals surface area contributed by atoms with Gasteiger partial charge in [0.05, 0.1) is 5.60 Å². The van der Waals surface area contributed by atoms with Crippen molar-refractivity contribution in [3.05, 3.63) is 11.9 Å². The molecule has 0 radical (unpaired) electrons. The minimum atomic E-state index is -0.744. The summed E-state index contributed by atoms with van der Waals surface area (Å²) in [7, 11) is 0. The van der Waals surface area contributed by atoms with Gasteiger partial charge in [0.25, 0.3) is 0 Å². The predicted octanol–water partition coefficient (Wildman–Crippen LogP) is 2.20. The molecule has 0 unspecified atom stereocenters. The van der Waals surface area contributed by atoms with E-state index in [1.165, 1.54) is 0 Å². The Morgan fingerprint density at radius 2 is 2.00 bits per heavy atom. The molecular formula is C14H26N4O. The van der Waals surface area contributed by atoms with Crippen LogP contribution in [0.3, 0.4) is 0 Å². The molecule has 0 spiro atoms. The van der Waals surface area contributed by atoms with E-state index < -0.39 is 5.60 Å². The summed E-state index contributed by atoms with van der Waals surface area (Å²) in [5.41, 5.74) is -0.744. The third-order valence-electron chi connectivity index (χ3n) is 2.66. The first-order valence-corrected chi connectivity index (χ1v) is 6.92. The highest BCUT2D eigenvalue weighted by Gasteiger charge is 2.19. The van der Waals surface area contributed by atoms with Crippen molar-refractivity contribution in [3.63, 3.8) is 0 Å². The average Bonchev–Trinajstić information content (AvgIpc) is 2.31. The second kappa shape index (κ2) is 6.70. The summed E-state index contributed by atoms with van der Waals surface area (Å²) in [6, 6.07) is 1.94. The lowest BCUT2D eigenvalue weighted by atomic mass is 10.1. The topological polar surface area (TPSA) is 61.3 Å². The zero-order chi connectivity index (χ0) is 14.5. The van der Waals surface area contributed by atoms with E-state index in [-0.39, 0.29) is 0 Å². The molecule has 0 aliphatic heterocycles. The lowest BCUT2D eigenvalue weighted by Crippen LogP contribution is -2.39. The van der Waals surface area contributed by atoms with Crippen molar-refractivity contribution >= 4 is 11.6 Å². The molecule has 1 aromatic heterocycles. The molecule has 0 atom stereocenters. The number of nitrogens with one attached hydrogen (secondary N) is 1. The first-order chi connectivity index (χ1) is 8.85. The molecule has 0 aromatic carbocycles. The van der Waals surface area contributed by atoms with Crippen molar-refractivity contribution in [2.45, 2.75) is 46.6 Å². The largest absolute Gasteiger partial charge is 0.389 e. The van der Waals surface area contributed by atoms with Crippen molar-refractivity contribution in [2.24, 2.45) is 0 Å². The van der Waals surface area contributed by atoms with E-state index in [9.17, 15) is 5.11 Å².